The molecule has 1 aliphatic heterocycles. The van der Waals surface area contributed by atoms with Crippen LogP contribution in [0, 0.1) is 0 Å². The van der Waals surface area contributed by atoms with E-state index in [9.17, 15) is 5.11 Å². The lowest BCUT2D eigenvalue weighted by Crippen LogP contribution is -2.35. The molecule has 1 N–H and O–H groups in total. The molecular weight excluding hydrogens is 276 g/mol. The van der Waals surface area contributed by atoms with E-state index in [0.29, 0.717) is 5.75 Å². The van der Waals surface area contributed by atoms with Gasteiger partial charge >= 0.3 is 0 Å². The van der Waals surface area contributed by atoms with E-state index in [-0.39, 0.29) is 0 Å². The molecule has 1 saturated heterocycles. The van der Waals surface area contributed by atoms with E-state index in [2.05, 4.69) is 22.0 Å². The molecule has 22 heavy (non-hydrogen) atoms. The molecule has 0 radical (unpaired) electrons. The highest BCUT2D eigenvalue weighted by molar-refractivity contribution is 5.29. The fraction of sp³-hybridized carbons (Fsp3) is 0.389. The summed E-state index contributed by atoms with van der Waals surface area (Å²) in [5, 5.41) is 10.0. The third-order valence-electron chi connectivity index (χ3n) is 3.99. The van der Waals surface area contributed by atoms with E-state index < -0.39 is 0 Å². The number of nitrogens with zero attached hydrogens (tertiary/aromatic N) is 2. The zero-order valence-corrected chi connectivity index (χ0v) is 12.7. The van der Waals surface area contributed by atoms with Crippen molar-refractivity contribution >= 4 is 0 Å². The first-order valence-corrected chi connectivity index (χ1v) is 7.83. The minimum atomic E-state index is 0.293. The Morgan fingerprint density at radius 3 is 2.55 bits per heavy atom. The number of hydrogen-bond acceptors (Lipinski definition) is 4. The van der Waals surface area contributed by atoms with E-state index in [0.717, 1.165) is 57.1 Å². The fourth-order valence-corrected chi connectivity index (χ4v) is 2.71. The Morgan fingerprint density at radius 2 is 1.77 bits per heavy atom. The first kappa shape index (κ1) is 15.0. The van der Waals surface area contributed by atoms with Crippen LogP contribution in [0.15, 0.2) is 42.5 Å². The molecule has 1 fully saturated rings. The van der Waals surface area contributed by atoms with Gasteiger partial charge in [0.25, 0.3) is 0 Å². The van der Waals surface area contributed by atoms with Gasteiger partial charge in [-0.2, -0.15) is 0 Å². The van der Waals surface area contributed by atoms with Crippen LogP contribution in [0.4, 0.5) is 0 Å². The Balaban J connectivity index is 1.64. The number of rotatable bonds is 5. The predicted molar refractivity (Wildman–Crippen MR) is 85.8 cm³/mol. The molecule has 0 bridgehead atoms. The van der Waals surface area contributed by atoms with E-state index in [4.69, 9.17) is 4.74 Å². The molecule has 1 aliphatic rings. The third-order valence-corrected chi connectivity index (χ3v) is 3.99. The molecule has 0 unspecified atom stereocenters. The van der Waals surface area contributed by atoms with Crippen LogP contribution in [-0.2, 0) is 24.1 Å². The van der Waals surface area contributed by atoms with Crippen molar-refractivity contribution in [1.82, 2.24) is 9.88 Å². The Labute approximate surface area is 131 Å². The quantitative estimate of drug-likeness (QED) is 0.921. The van der Waals surface area contributed by atoms with Crippen molar-refractivity contribution in [1.29, 1.82) is 0 Å². The number of ether oxygens (including phenoxy) is 1. The monoisotopic (exact) mass is 298 g/mol. The van der Waals surface area contributed by atoms with Crippen molar-refractivity contribution in [2.45, 2.75) is 19.4 Å². The SMILES string of the molecule is Oc1ccc(CN2CCOCC2)nc1CCc1ccccc1. The van der Waals surface area contributed by atoms with Gasteiger partial charge in [-0.3, -0.25) is 9.88 Å². The summed E-state index contributed by atoms with van der Waals surface area (Å²) >= 11 is 0. The Hall–Kier alpha value is -1.91. The Kier molecular flexibility index (Phi) is 5.03. The van der Waals surface area contributed by atoms with Crippen molar-refractivity contribution in [3.05, 3.63) is 59.4 Å². The molecule has 0 atom stereocenters. The summed E-state index contributed by atoms with van der Waals surface area (Å²) in [7, 11) is 0. The molecule has 0 spiro atoms. The third kappa shape index (κ3) is 4.06. The maximum Gasteiger partial charge on any atom is 0.137 e. The molecule has 2 heterocycles. The summed E-state index contributed by atoms with van der Waals surface area (Å²) < 4.78 is 5.37. The molecular formula is C18H22N2O2. The van der Waals surface area contributed by atoms with Crippen LogP contribution >= 0.6 is 0 Å². The fourth-order valence-electron chi connectivity index (χ4n) is 2.71. The molecule has 2 aromatic rings. The van der Waals surface area contributed by atoms with Crippen LogP contribution in [0.3, 0.4) is 0 Å². The molecule has 0 saturated carbocycles. The lowest BCUT2D eigenvalue weighted by Gasteiger charge is -2.26. The van der Waals surface area contributed by atoms with Gasteiger partial charge in [-0.15, -0.1) is 0 Å². The second-order valence-electron chi connectivity index (χ2n) is 5.64. The average molecular weight is 298 g/mol. The van der Waals surface area contributed by atoms with Gasteiger partial charge in [-0.05, 0) is 30.5 Å². The number of hydrogen-bond donors (Lipinski definition) is 1. The van der Waals surface area contributed by atoms with Gasteiger partial charge < -0.3 is 9.84 Å². The molecule has 0 amide bonds. The molecule has 3 rings (SSSR count). The number of morpholine rings is 1. The van der Waals surface area contributed by atoms with E-state index in [1.54, 1.807) is 6.07 Å². The second kappa shape index (κ2) is 7.38. The zero-order chi connectivity index (χ0) is 15.2. The van der Waals surface area contributed by atoms with Crippen molar-refractivity contribution in [2.75, 3.05) is 26.3 Å². The minimum Gasteiger partial charge on any atom is -0.506 e. The first-order valence-electron chi connectivity index (χ1n) is 7.83. The number of aryl methyl sites for hydroxylation is 2. The zero-order valence-electron chi connectivity index (χ0n) is 12.7. The van der Waals surface area contributed by atoms with Gasteiger partial charge in [0.2, 0.25) is 0 Å². The molecule has 4 nitrogen and oxygen atoms in total. The lowest BCUT2D eigenvalue weighted by molar-refractivity contribution is 0.0336. The van der Waals surface area contributed by atoms with Crippen LogP contribution in [0.1, 0.15) is 17.0 Å². The van der Waals surface area contributed by atoms with Gasteiger partial charge in [-0.25, -0.2) is 0 Å². The van der Waals surface area contributed by atoms with Crippen LogP contribution in [-0.4, -0.2) is 41.3 Å². The molecule has 1 aromatic heterocycles. The topological polar surface area (TPSA) is 45.6 Å². The van der Waals surface area contributed by atoms with Crippen molar-refractivity contribution < 1.29 is 9.84 Å². The van der Waals surface area contributed by atoms with E-state index in [1.165, 1.54) is 5.56 Å². The summed E-state index contributed by atoms with van der Waals surface area (Å²) in [6, 6.07) is 14.0. The maximum absolute atomic E-state index is 10.0. The van der Waals surface area contributed by atoms with Gasteiger partial charge in [-0.1, -0.05) is 30.3 Å². The van der Waals surface area contributed by atoms with Crippen LogP contribution in [0.25, 0.3) is 0 Å². The number of benzene rings is 1. The predicted octanol–water partition coefficient (Wildman–Crippen LogP) is 2.40. The first-order chi connectivity index (χ1) is 10.8. The highest BCUT2D eigenvalue weighted by Crippen LogP contribution is 2.18. The number of pyridine rings is 1. The normalized spacial score (nSPS) is 15.8. The number of aromatic hydroxyl groups is 1. The van der Waals surface area contributed by atoms with Crippen LogP contribution in [0.2, 0.25) is 0 Å². The maximum atomic E-state index is 10.0. The Bertz CT molecular complexity index is 595. The summed E-state index contributed by atoms with van der Waals surface area (Å²) in [4.78, 5) is 6.99. The molecule has 4 heteroatoms. The van der Waals surface area contributed by atoms with Crippen molar-refractivity contribution in [2.24, 2.45) is 0 Å². The van der Waals surface area contributed by atoms with Crippen molar-refractivity contribution in [3.63, 3.8) is 0 Å². The van der Waals surface area contributed by atoms with E-state index >= 15 is 0 Å². The Morgan fingerprint density at radius 1 is 1.00 bits per heavy atom. The van der Waals surface area contributed by atoms with Gasteiger partial charge in [0.05, 0.1) is 24.6 Å². The highest BCUT2D eigenvalue weighted by Gasteiger charge is 2.12. The molecule has 1 aromatic carbocycles. The van der Waals surface area contributed by atoms with Gasteiger partial charge in [0.15, 0.2) is 0 Å². The largest absolute Gasteiger partial charge is 0.506 e. The van der Waals surface area contributed by atoms with Crippen LogP contribution in [0.5, 0.6) is 5.75 Å². The smallest absolute Gasteiger partial charge is 0.137 e. The van der Waals surface area contributed by atoms with Gasteiger partial charge in [0, 0.05) is 19.6 Å². The summed E-state index contributed by atoms with van der Waals surface area (Å²) in [5.41, 5.74) is 3.07. The van der Waals surface area contributed by atoms with Crippen LogP contribution < -0.4 is 0 Å². The molecule has 116 valence electrons. The summed E-state index contributed by atoms with van der Waals surface area (Å²) in [6.07, 6.45) is 1.65. The summed E-state index contributed by atoms with van der Waals surface area (Å²) in [5.74, 6) is 0.293. The standard InChI is InChI=1S/C18H22N2O2/c21-18-9-7-16(14-20-10-12-22-13-11-20)19-17(18)8-6-15-4-2-1-3-5-15/h1-5,7,9,21H,6,8,10-14H2. The second-order valence-corrected chi connectivity index (χ2v) is 5.64. The van der Waals surface area contributed by atoms with E-state index in [1.807, 2.05) is 24.3 Å². The van der Waals surface area contributed by atoms with Crippen molar-refractivity contribution in [3.8, 4) is 5.75 Å². The number of aromatic nitrogens is 1. The highest BCUT2D eigenvalue weighted by atomic mass is 16.5. The average Bonchev–Trinajstić information content (AvgIpc) is 2.57. The summed E-state index contributed by atoms with van der Waals surface area (Å²) in [6.45, 7) is 4.30. The lowest BCUT2D eigenvalue weighted by atomic mass is 10.1. The molecule has 0 aliphatic carbocycles. The van der Waals surface area contributed by atoms with Gasteiger partial charge in [0.1, 0.15) is 5.75 Å². The minimum absolute atomic E-state index is 0.293.